The minimum atomic E-state index is -0.791. The zero-order valence-electron chi connectivity index (χ0n) is 19.8. The van der Waals surface area contributed by atoms with E-state index in [2.05, 4.69) is 0 Å². The Bertz CT molecular complexity index is 886. The maximum absolute atomic E-state index is 12.6. The summed E-state index contributed by atoms with van der Waals surface area (Å²) in [7, 11) is 0. The van der Waals surface area contributed by atoms with Crippen molar-refractivity contribution in [2.24, 2.45) is 11.8 Å². The van der Waals surface area contributed by atoms with Crippen molar-refractivity contribution in [3.05, 3.63) is 71.8 Å². The third-order valence-electron chi connectivity index (χ3n) is 6.24. The summed E-state index contributed by atoms with van der Waals surface area (Å²) >= 11 is 0. The number of carbonyl (C=O) groups excluding carboxylic acids is 2. The van der Waals surface area contributed by atoms with Crippen molar-refractivity contribution in [3.63, 3.8) is 0 Å². The van der Waals surface area contributed by atoms with Crippen LogP contribution < -0.4 is 0 Å². The molecule has 1 saturated heterocycles. The summed E-state index contributed by atoms with van der Waals surface area (Å²) in [6.45, 7) is 4.39. The Morgan fingerprint density at radius 2 is 1.62 bits per heavy atom. The molecule has 3 rings (SSSR count). The van der Waals surface area contributed by atoms with Crippen molar-refractivity contribution in [2.45, 2.75) is 58.2 Å². The number of aliphatic hydroxyl groups excluding tert-OH is 1. The van der Waals surface area contributed by atoms with Gasteiger partial charge in [0.25, 0.3) is 0 Å². The predicted molar refractivity (Wildman–Crippen MR) is 126 cm³/mol. The first-order chi connectivity index (χ1) is 16.5. The van der Waals surface area contributed by atoms with Gasteiger partial charge in [-0.05, 0) is 36.5 Å². The quantitative estimate of drug-likeness (QED) is 0.390. The van der Waals surface area contributed by atoms with E-state index in [4.69, 9.17) is 18.9 Å². The molecule has 2 aromatic rings. The van der Waals surface area contributed by atoms with Gasteiger partial charge < -0.3 is 24.1 Å². The van der Waals surface area contributed by atoms with Gasteiger partial charge in [0.2, 0.25) is 0 Å². The summed E-state index contributed by atoms with van der Waals surface area (Å²) in [4.78, 5) is 24.6. The number of esters is 2. The van der Waals surface area contributed by atoms with Crippen molar-refractivity contribution in [1.29, 1.82) is 0 Å². The van der Waals surface area contributed by atoms with E-state index in [9.17, 15) is 14.7 Å². The monoisotopic (exact) mass is 470 g/mol. The lowest BCUT2D eigenvalue weighted by molar-refractivity contribution is -0.274. The van der Waals surface area contributed by atoms with E-state index in [1.165, 1.54) is 0 Å². The highest BCUT2D eigenvalue weighted by molar-refractivity contribution is 5.89. The number of aliphatic hydroxyl groups is 1. The van der Waals surface area contributed by atoms with E-state index in [-0.39, 0.29) is 31.0 Å². The summed E-state index contributed by atoms with van der Waals surface area (Å²) in [5.74, 6) is -0.782. The molecule has 1 heterocycles. The molecule has 0 radical (unpaired) electrons. The standard InChI is InChI=1S/C27H34O7/c1-19-20(2)25(34-26(30)22-13-7-4-8-14-22)27(33-23(19)17-28)31-16-10-9-15-24(29)32-18-21-11-5-3-6-12-21/h3-8,11-14,19-20,23,25,27-28H,9-10,15-18H2,1-2H3/t19-,20-,23?,25?,27-/m0/s1. The fourth-order valence-corrected chi connectivity index (χ4v) is 3.91. The Morgan fingerprint density at radius 3 is 2.29 bits per heavy atom. The number of ether oxygens (including phenoxy) is 4. The van der Waals surface area contributed by atoms with Crippen molar-refractivity contribution < 1.29 is 33.6 Å². The molecule has 2 aromatic carbocycles. The summed E-state index contributed by atoms with van der Waals surface area (Å²) < 4.78 is 23.0. The molecule has 0 aliphatic carbocycles. The molecular weight excluding hydrogens is 436 g/mol. The van der Waals surface area contributed by atoms with Crippen LogP contribution in [-0.2, 0) is 30.3 Å². The van der Waals surface area contributed by atoms with Gasteiger partial charge in [-0.1, -0.05) is 62.4 Å². The van der Waals surface area contributed by atoms with E-state index in [0.717, 1.165) is 5.56 Å². The topological polar surface area (TPSA) is 91.3 Å². The first-order valence-corrected chi connectivity index (χ1v) is 11.8. The largest absolute Gasteiger partial charge is 0.461 e. The maximum atomic E-state index is 12.6. The number of hydrogen-bond acceptors (Lipinski definition) is 7. The van der Waals surface area contributed by atoms with Gasteiger partial charge in [-0.15, -0.1) is 0 Å². The van der Waals surface area contributed by atoms with Crippen molar-refractivity contribution in [1.82, 2.24) is 0 Å². The van der Waals surface area contributed by atoms with Crippen LogP contribution in [0.15, 0.2) is 60.7 Å². The van der Waals surface area contributed by atoms with E-state index in [1.54, 1.807) is 24.3 Å². The molecule has 2 unspecified atom stereocenters. The lowest BCUT2D eigenvalue weighted by Crippen LogP contribution is -2.53. The van der Waals surface area contributed by atoms with Gasteiger partial charge in [-0.2, -0.15) is 0 Å². The lowest BCUT2D eigenvalue weighted by atomic mass is 9.83. The summed E-state index contributed by atoms with van der Waals surface area (Å²) in [5.41, 5.74) is 1.41. The normalized spacial score (nSPS) is 24.4. The number of rotatable bonds is 11. The van der Waals surface area contributed by atoms with E-state index < -0.39 is 24.5 Å². The smallest absolute Gasteiger partial charge is 0.338 e. The molecule has 7 heteroatoms. The van der Waals surface area contributed by atoms with Crippen LogP contribution in [0.1, 0.15) is 49.0 Å². The first-order valence-electron chi connectivity index (χ1n) is 11.8. The average molecular weight is 471 g/mol. The van der Waals surface area contributed by atoms with E-state index >= 15 is 0 Å². The molecule has 1 N–H and O–H groups in total. The van der Waals surface area contributed by atoms with Crippen LogP contribution in [0.5, 0.6) is 0 Å². The predicted octanol–water partition coefficient (Wildman–Crippen LogP) is 4.13. The molecule has 34 heavy (non-hydrogen) atoms. The second kappa shape index (κ2) is 13.2. The van der Waals surface area contributed by atoms with Crippen LogP contribution in [0.4, 0.5) is 0 Å². The van der Waals surface area contributed by atoms with Gasteiger partial charge in [-0.25, -0.2) is 4.79 Å². The van der Waals surface area contributed by atoms with E-state index in [1.807, 2.05) is 50.2 Å². The van der Waals surface area contributed by atoms with Gasteiger partial charge in [0.1, 0.15) is 6.61 Å². The summed E-state index contributed by atoms with van der Waals surface area (Å²) in [6, 6.07) is 18.3. The highest BCUT2D eigenvalue weighted by Gasteiger charge is 2.44. The summed E-state index contributed by atoms with van der Waals surface area (Å²) in [6.07, 6.45) is -0.291. The number of benzene rings is 2. The highest BCUT2D eigenvalue weighted by Crippen LogP contribution is 2.33. The molecule has 0 amide bonds. The van der Waals surface area contributed by atoms with Crippen LogP contribution >= 0.6 is 0 Å². The lowest BCUT2D eigenvalue weighted by Gasteiger charge is -2.43. The van der Waals surface area contributed by atoms with Crippen LogP contribution in [0.25, 0.3) is 0 Å². The molecule has 1 aliphatic rings. The molecule has 184 valence electrons. The SMILES string of the molecule is C[C@@H]1C(CO)O[C@H](OCCCCC(=O)OCc2ccccc2)C(OC(=O)c2ccccc2)[C@H]1C. The number of carbonyl (C=O) groups is 2. The molecule has 5 atom stereocenters. The Balaban J connectivity index is 1.46. The van der Waals surface area contributed by atoms with Crippen LogP contribution in [-0.4, -0.2) is 48.8 Å². The van der Waals surface area contributed by atoms with Crippen LogP contribution in [0.3, 0.4) is 0 Å². The van der Waals surface area contributed by atoms with Crippen LogP contribution in [0, 0.1) is 11.8 Å². The van der Waals surface area contributed by atoms with Crippen LogP contribution in [0.2, 0.25) is 0 Å². The molecule has 1 aliphatic heterocycles. The fourth-order valence-electron chi connectivity index (χ4n) is 3.91. The minimum Gasteiger partial charge on any atom is -0.461 e. The van der Waals surface area contributed by atoms with Gasteiger partial charge in [0.05, 0.1) is 18.3 Å². The molecular formula is C27H34O7. The third kappa shape index (κ3) is 7.38. The summed E-state index contributed by atoms with van der Waals surface area (Å²) in [5, 5.41) is 9.71. The van der Waals surface area contributed by atoms with Gasteiger partial charge in [0, 0.05) is 18.9 Å². The molecule has 0 spiro atoms. The van der Waals surface area contributed by atoms with Crippen molar-refractivity contribution >= 4 is 11.9 Å². The van der Waals surface area contributed by atoms with Gasteiger partial charge >= 0.3 is 11.9 Å². The second-order valence-corrected chi connectivity index (χ2v) is 8.65. The zero-order valence-corrected chi connectivity index (χ0v) is 19.8. The second-order valence-electron chi connectivity index (χ2n) is 8.65. The average Bonchev–Trinajstić information content (AvgIpc) is 2.87. The van der Waals surface area contributed by atoms with E-state index in [0.29, 0.717) is 31.4 Å². The van der Waals surface area contributed by atoms with Gasteiger partial charge in [0.15, 0.2) is 12.4 Å². The Labute approximate surface area is 201 Å². The Hall–Kier alpha value is -2.74. The molecule has 0 aromatic heterocycles. The minimum absolute atomic E-state index is 0.0159. The Kier molecular flexibility index (Phi) is 10.1. The van der Waals surface area contributed by atoms with Crippen molar-refractivity contribution in [3.8, 4) is 0 Å². The fraction of sp³-hybridized carbons (Fsp3) is 0.481. The highest BCUT2D eigenvalue weighted by atomic mass is 16.7. The van der Waals surface area contributed by atoms with Gasteiger partial charge in [-0.3, -0.25) is 4.79 Å². The first kappa shape index (κ1) is 25.9. The molecule has 0 saturated carbocycles. The molecule has 1 fully saturated rings. The number of hydrogen-bond donors (Lipinski definition) is 1. The maximum Gasteiger partial charge on any atom is 0.338 e. The Morgan fingerprint density at radius 1 is 0.941 bits per heavy atom. The zero-order chi connectivity index (χ0) is 24.3. The number of unbranched alkanes of at least 4 members (excludes halogenated alkanes) is 1. The third-order valence-corrected chi connectivity index (χ3v) is 6.24. The molecule has 7 nitrogen and oxygen atoms in total. The molecule has 0 bridgehead atoms. The van der Waals surface area contributed by atoms with Crippen molar-refractivity contribution in [2.75, 3.05) is 13.2 Å².